The molecule has 0 amide bonds. The SMILES string of the molecule is COc1ccc(CN=C([S-])[C@@H](C(=O)c2cccs2)[n+]2cccc(C)c2)cc1. The van der Waals surface area contributed by atoms with E-state index >= 15 is 0 Å². The molecule has 2 heterocycles. The molecule has 0 saturated carbocycles. The van der Waals surface area contributed by atoms with Crippen molar-refractivity contribution in [2.45, 2.75) is 19.5 Å². The first-order chi connectivity index (χ1) is 13.1. The quantitative estimate of drug-likeness (QED) is 0.200. The molecule has 138 valence electrons. The van der Waals surface area contributed by atoms with E-state index < -0.39 is 6.04 Å². The van der Waals surface area contributed by atoms with Gasteiger partial charge in [0.15, 0.2) is 12.4 Å². The summed E-state index contributed by atoms with van der Waals surface area (Å²) in [5, 5.41) is 2.27. The second kappa shape index (κ2) is 8.88. The maximum absolute atomic E-state index is 13.1. The number of methoxy groups -OCH3 is 1. The minimum Gasteiger partial charge on any atom is -0.758 e. The third kappa shape index (κ3) is 4.78. The van der Waals surface area contributed by atoms with Crippen LogP contribution in [0.1, 0.15) is 26.8 Å². The summed E-state index contributed by atoms with van der Waals surface area (Å²) in [4.78, 5) is 18.3. The van der Waals surface area contributed by atoms with Crippen LogP contribution in [0.25, 0.3) is 0 Å². The van der Waals surface area contributed by atoms with Gasteiger partial charge < -0.3 is 22.4 Å². The van der Waals surface area contributed by atoms with Crippen molar-refractivity contribution >= 4 is 34.8 Å². The molecule has 2 aromatic heterocycles. The molecule has 3 rings (SSSR count). The second-order valence-electron chi connectivity index (χ2n) is 6.08. The normalized spacial score (nSPS) is 12.6. The molecule has 0 radical (unpaired) electrons. The van der Waals surface area contributed by atoms with Gasteiger partial charge in [-0.25, -0.2) is 0 Å². The van der Waals surface area contributed by atoms with Crippen molar-refractivity contribution in [2.24, 2.45) is 4.99 Å². The van der Waals surface area contributed by atoms with Crippen molar-refractivity contribution in [3.05, 3.63) is 82.3 Å². The Kier molecular flexibility index (Phi) is 6.32. The molecule has 6 heteroatoms. The first-order valence-corrected chi connectivity index (χ1v) is 9.76. The van der Waals surface area contributed by atoms with Crippen LogP contribution < -0.4 is 9.30 Å². The van der Waals surface area contributed by atoms with Gasteiger partial charge in [-0.1, -0.05) is 18.2 Å². The number of ether oxygens (including phenoxy) is 1. The molecule has 0 bridgehead atoms. The number of carbonyl (C=O) groups excluding carboxylic acids is 1. The summed E-state index contributed by atoms with van der Waals surface area (Å²) < 4.78 is 7.02. The third-order valence-electron chi connectivity index (χ3n) is 4.09. The highest BCUT2D eigenvalue weighted by Crippen LogP contribution is 2.18. The van der Waals surface area contributed by atoms with Crippen LogP contribution in [0.5, 0.6) is 5.75 Å². The Hall–Kier alpha value is -2.57. The number of hydrogen-bond donors (Lipinski definition) is 0. The fourth-order valence-electron chi connectivity index (χ4n) is 2.69. The first-order valence-electron chi connectivity index (χ1n) is 8.48. The lowest BCUT2D eigenvalue weighted by atomic mass is 10.1. The zero-order chi connectivity index (χ0) is 19.2. The molecule has 0 spiro atoms. The monoisotopic (exact) mass is 396 g/mol. The summed E-state index contributed by atoms with van der Waals surface area (Å²) >= 11 is 6.99. The molecule has 0 aliphatic carbocycles. The molecular formula is C21H20N2O2S2. The van der Waals surface area contributed by atoms with Crippen LogP contribution in [0, 0.1) is 6.92 Å². The number of nitrogens with zero attached hydrogens (tertiary/aromatic N) is 2. The van der Waals surface area contributed by atoms with Crippen LogP contribution in [0.2, 0.25) is 0 Å². The summed E-state index contributed by atoms with van der Waals surface area (Å²) in [5.41, 5.74) is 2.06. The number of thiophene rings is 1. The van der Waals surface area contributed by atoms with Gasteiger partial charge in [0.1, 0.15) is 5.75 Å². The second-order valence-corrected chi connectivity index (χ2v) is 7.44. The number of rotatable bonds is 7. The van der Waals surface area contributed by atoms with Crippen LogP contribution in [-0.4, -0.2) is 17.9 Å². The average Bonchev–Trinajstić information content (AvgIpc) is 3.22. The number of pyridine rings is 1. The lowest BCUT2D eigenvalue weighted by Gasteiger charge is -2.18. The van der Waals surface area contributed by atoms with Crippen LogP contribution in [0.3, 0.4) is 0 Å². The molecule has 4 nitrogen and oxygen atoms in total. The van der Waals surface area contributed by atoms with E-state index in [0.717, 1.165) is 16.9 Å². The van der Waals surface area contributed by atoms with E-state index in [9.17, 15) is 4.79 Å². The van der Waals surface area contributed by atoms with Crippen LogP contribution in [-0.2, 0) is 19.2 Å². The topological polar surface area (TPSA) is 42.5 Å². The van der Waals surface area contributed by atoms with Gasteiger partial charge >= 0.3 is 0 Å². The number of ketones is 1. The van der Waals surface area contributed by atoms with Crippen LogP contribution >= 0.6 is 11.3 Å². The smallest absolute Gasteiger partial charge is 0.244 e. The largest absolute Gasteiger partial charge is 0.758 e. The van der Waals surface area contributed by atoms with Gasteiger partial charge in [0, 0.05) is 11.6 Å². The number of benzene rings is 1. The zero-order valence-corrected chi connectivity index (χ0v) is 16.8. The highest BCUT2D eigenvalue weighted by Gasteiger charge is 2.29. The molecule has 0 saturated heterocycles. The predicted molar refractivity (Wildman–Crippen MR) is 111 cm³/mol. The molecule has 0 fully saturated rings. The summed E-state index contributed by atoms with van der Waals surface area (Å²) in [6, 6.07) is 14.6. The fourth-order valence-corrected chi connectivity index (χ4v) is 3.67. The van der Waals surface area contributed by atoms with Gasteiger partial charge in [0.2, 0.25) is 11.8 Å². The van der Waals surface area contributed by atoms with Gasteiger partial charge in [-0.05, 0) is 47.2 Å². The number of carbonyl (C=O) groups is 1. The highest BCUT2D eigenvalue weighted by molar-refractivity contribution is 7.77. The summed E-state index contributed by atoms with van der Waals surface area (Å²) in [5.74, 6) is 0.756. The Labute approximate surface area is 168 Å². The number of aromatic nitrogens is 1. The maximum atomic E-state index is 13.1. The van der Waals surface area contributed by atoms with E-state index in [-0.39, 0.29) is 5.78 Å². The van der Waals surface area contributed by atoms with Gasteiger partial charge in [0.05, 0.1) is 18.5 Å². The minimum absolute atomic E-state index is 0.0379. The van der Waals surface area contributed by atoms with Crippen molar-refractivity contribution in [2.75, 3.05) is 7.11 Å². The molecule has 0 aliphatic rings. The maximum Gasteiger partial charge on any atom is 0.244 e. The fraction of sp³-hybridized carbons (Fsp3) is 0.190. The van der Waals surface area contributed by atoms with E-state index in [1.807, 2.05) is 77.8 Å². The molecule has 0 N–H and O–H groups in total. The molecule has 0 unspecified atom stereocenters. The van der Waals surface area contributed by atoms with E-state index in [1.54, 1.807) is 7.11 Å². The van der Waals surface area contributed by atoms with Crippen molar-refractivity contribution < 1.29 is 14.1 Å². The molecule has 3 aromatic rings. The number of hydrogen-bond acceptors (Lipinski definition) is 5. The standard InChI is InChI=1S/C21H20N2O2S2/c1-15-5-3-11-23(14-15)19(20(24)18-6-4-12-27-18)21(26)22-13-16-7-9-17(25-2)10-8-16/h3-12,14,19H,13H2,1-2H3/t19-/m1/s1. The van der Waals surface area contributed by atoms with Gasteiger partial charge in [-0.3, -0.25) is 4.79 Å². The van der Waals surface area contributed by atoms with E-state index in [1.165, 1.54) is 11.3 Å². The van der Waals surface area contributed by atoms with Crippen molar-refractivity contribution in [1.82, 2.24) is 0 Å². The van der Waals surface area contributed by atoms with E-state index in [4.69, 9.17) is 17.4 Å². The predicted octanol–water partition coefficient (Wildman–Crippen LogP) is 3.92. The Morgan fingerprint density at radius 3 is 2.63 bits per heavy atom. The molecular weight excluding hydrogens is 376 g/mol. The van der Waals surface area contributed by atoms with Gasteiger partial charge in [-0.2, -0.15) is 4.57 Å². The Bertz CT molecular complexity index is 935. The Morgan fingerprint density at radius 1 is 1.22 bits per heavy atom. The van der Waals surface area contributed by atoms with Gasteiger partial charge in [0.25, 0.3) is 0 Å². The van der Waals surface area contributed by atoms with Crippen molar-refractivity contribution in [1.29, 1.82) is 0 Å². The van der Waals surface area contributed by atoms with E-state index in [2.05, 4.69) is 4.99 Å². The van der Waals surface area contributed by atoms with Crippen LogP contribution in [0.15, 0.2) is 71.3 Å². The van der Waals surface area contributed by atoms with Crippen molar-refractivity contribution in [3.8, 4) is 5.75 Å². The number of aryl methyl sites for hydroxylation is 1. The zero-order valence-electron chi connectivity index (χ0n) is 15.2. The van der Waals surface area contributed by atoms with Crippen LogP contribution in [0.4, 0.5) is 0 Å². The number of aliphatic imine (C=N–C) groups is 1. The average molecular weight is 397 g/mol. The number of Topliss-reactive ketones (excluding diaryl/α,β-unsaturated/α-hetero) is 1. The lowest BCUT2D eigenvalue weighted by Crippen LogP contribution is -2.47. The molecule has 0 aliphatic heterocycles. The molecule has 1 aromatic carbocycles. The van der Waals surface area contributed by atoms with Gasteiger partial charge in [-0.15, -0.1) is 11.3 Å². The lowest BCUT2D eigenvalue weighted by molar-refractivity contribution is -0.692. The Morgan fingerprint density at radius 2 is 2.00 bits per heavy atom. The van der Waals surface area contributed by atoms with Crippen molar-refractivity contribution in [3.63, 3.8) is 0 Å². The summed E-state index contributed by atoms with van der Waals surface area (Å²) in [7, 11) is 1.63. The summed E-state index contributed by atoms with van der Waals surface area (Å²) in [6.07, 6.45) is 3.78. The summed E-state index contributed by atoms with van der Waals surface area (Å²) in [6.45, 7) is 2.41. The third-order valence-corrected chi connectivity index (χ3v) is 5.33. The molecule has 1 atom stereocenters. The highest BCUT2D eigenvalue weighted by atomic mass is 32.1. The Balaban J connectivity index is 1.89. The molecule has 27 heavy (non-hydrogen) atoms. The van der Waals surface area contributed by atoms with E-state index in [0.29, 0.717) is 16.5 Å². The minimum atomic E-state index is -0.628. The first kappa shape index (κ1) is 19.2.